The van der Waals surface area contributed by atoms with Crippen LogP contribution in [0.1, 0.15) is 51.9 Å². The molecule has 0 spiro atoms. The second-order valence-electron chi connectivity index (χ2n) is 5.40. The zero-order chi connectivity index (χ0) is 14.2. The molecule has 3 heteroatoms. The van der Waals surface area contributed by atoms with Crippen molar-refractivity contribution in [1.82, 2.24) is 0 Å². The van der Waals surface area contributed by atoms with Crippen LogP contribution < -0.4 is 9.31 Å². The third kappa shape index (κ3) is 3.97. The van der Waals surface area contributed by atoms with Crippen molar-refractivity contribution in [3.8, 4) is 23.8 Å². The maximum absolute atomic E-state index is 5.96. The number of terminal acetylenes is 1. The first-order valence-electron chi connectivity index (χ1n) is 7.71. The van der Waals surface area contributed by atoms with Crippen LogP contribution in [0.15, 0.2) is 24.3 Å². The highest BCUT2D eigenvalue weighted by Crippen LogP contribution is 2.38. The minimum Gasteiger partial charge on any atom is -0.523 e. The second kappa shape index (κ2) is 7.90. The fraction of sp³-hybridized carbons (Fsp3) is 0.529. The first-order chi connectivity index (χ1) is 9.85. The van der Waals surface area contributed by atoms with Crippen molar-refractivity contribution in [3.05, 3.63) is 24.3 Å². The summed E-state index contributed by atoms with van der Waals surface area (Å²) in [6.45, 7) is 2.23. The molecule has 1 heterocycles. The average molecular weight is 270 g/mol. The first-order valence-corrected chi connectivity index (χ1v) is 7.71. The summed E-state index contributed by atoms with van der Waals surface area (Å²) in [7, 11) is -0.137. The third-order valence-corrected chi connectivity index (χ3v) is 3.79. The molecule has 1 atom stereocenters. The quantitative estimate of drug-likeness (QED) is 0.387. The monoisotopic (exact) mass is 270 g/mol. The largest absolute Gasteiger partial charge is 0.598 e. The molecule has 0 bridgehead atoms. The molecule has 0 amide bonds. The molecule has 0 fully saturated rings. The highest BCUT2D eigenvalue weighted by atomic mass is 16.6. The van der Waals surface area contributed by atoms with E-state index in [1.54, 1.807) is 0 Å². The Balaban J connectivity index is 1.91. The molecule has 20 heavy (non-hydrogen) atoms. The van der Waals surface area contributed by atoms with Gasteiger partial charge >= 0.3 is 7.12 Å². The normalized spacial score (nSPS) is 14.1. The Morgan fingerprint density at radius 1 is 1.10 bits per heavy atom. The molecule has 0 saturated carbocycles. The van der Waals surface area contributed by atoms with Crippen molar-refractivity contribution in [2.45, 2.75) is 57.7 Å². The van der Waals surface area contributed by atoms with Crippen molar-refractivity contribution in [2.24, 2.45) is 0 Å². The van der Waals surface area contributed by atoms with Crippen molar-refractivity contribution in [2.75, 3.05) is 0 Å². The van der Waals surface area contributed by atoms with Gasteiger partial charge < -0.3 is 9.31 Å². The maximum atomic E-state index is 5.96. The first kappa shape index (κ1) is 14.8. The number of unbranched alkanes of at least 4 members (excludes halogenated alkanes) is 3. The summed E-state index contributed by atoms with van der Waals surface area (Å²) in [5, 5.41) is 0. The molecule has 106 valence electrons. The Bertz CT molecular complexity index is 428. The number of benzene rings is 1. The summed E-state index contributed by atoms with van der Waals surface area (Å²) >= 11 is 0. The van der Waals surface area contributed by atoms with Crippen LogP contribution in [0.4, 0.5) is 0 Å². The SMILES string of the molecule is C#CCCCC(CCCCC)B1Oc2ccccc2O1. The van der Waals surface area contributed by atoms with Crippen molar-refractivity contribution >= 4 is 7.12 Å². The Labute approximate surface area is 123 Å². The standard InChI is InChI=1S/C17H23BO2/c1-3-5-7-11-15(12-8-6-4-2)18-19-16-13-9-10-14-17(16)20-18/h1,9-10,13-15H,4-8,11-12H2,2H3. The summed E-state index contributed by atoms with van der Waals surface area (Å²) in [6.07, 6.45) is 13.2. The van der Waals surface area contributed by atoms with E-state index in [0.29, 0.717) is 5.82 Å². The van der Waals surface area contributed by atoms with Gasteiger partial charge in [0, 0.05) is 12.2 Å². The fourth-order valence-electron chi connectivity index (χ4n) is 2.65. The van der Waals surface area contributed by atoms with Crippen molar-refractivity contribution in [3.63, 3.8) is 0 Å². The third-order valence-electron chi connectivity index (χ3n) is 3.79. The molecule has 2 rings (SSSR count). The lowest BCUT2D eigenvalue weighted by atomic mass is 9.67. The van der Waals surface area contributed by atoms with Gasteiger partial charge in [-0.05, 0) is 31.4 Å². The van der Waals surface area contributed by atoms with E-state index in [-0.39, 0.29) is 7.12 Å². The minimum atomic E-state index is -0.137. The van der Waals surface area contributed by atoms with Gasteiger partial charge in [0.05, 0.1) is 0 Å². The molecule has 1 aromatic rings. The average Bonchev–Trinajstić information content (AvgIpc) is 2.89. The van der Waals surface area contributed by atoms with Gasteiger partial charge in [0.2, 0.25) is 0 Å². The predicted octanol–water partition coefficient (Wildman–Crippen LogP) is 4.70. The summed E-state index contributed by atoms with van der Waals surface area (Å²) in [5.74, 6) is 4.89. The van der Waals surface area contributed by atoms with E-state index < -0.39 is 0 Å². The molecule has 0 N–H and O–H groups in total. The van der Waals surface area contributed by atoms with E-state index in [9.17, 15) is 0 Å². The number of rotatable bonds is 8. The molecule has 0 radical (unpaired) electrons. The topological polar surface area (TPSA) is 18.5 Å². The highest BCUT2D eigenvalue weighted by molar-refractivity contribution is 6.49. The van der Waals surface area contributed by atoms with E-state index in [4.69, 9.17) is 15.7 Å². The molecule has 0 aliphatic carbocycles. The summed E-state index contributed by atoms with van der Waals surface area (Å²) in [5.41, 5.74) is 0. The van der Waals surface area contributed by atoms with Crippen molar-refractivity contribution < 1.29 is 9.31 Å². The summed E-state index contributed by atoms with van der Waals surface area (Å²) < 4.78 is 11.9. The van der Waals surface area contributed by atoms with Crippen LogP contribution in [0.5, 0.6) is 11.5 Å². The second-order valence-corrected chi connectivity index (χ2v) is 5.40. The van der Waals surface area contributed by atoms with Crippen LogP contribution in [0, 0.1) is 12.3 Å². The number of hydrogen-bond acceptors (Lipinski definition) is 2. The van der Waals surface area contributed by atoms with Gasteiger partial charge in [-0.25, -0.2) is 0 Å². The van der Waals surface area contributed by atoms with Gasteiger partial charge in [-0.2, -0.15) is 0 Å². The Kier molecular flexibility index (Phi) is 5.86. The smallest absolute Gasteiger partial charge is 0.523 e. The van der Waals surface area contributed by atoms with Gasteiger partial charge in [0.15, 0.2) is 0 Å². The van der Waals surface area contributed by atoms with Gasteiger partial charge in [-0.15, -0.1) is 12.3 Å². The number of para-hydroxylation sites is 2. The van der Waals surface area contributed by atoms with Crippen LogP contribution in [0.3, 0.4) is 0 Å². The molecule has 0 aromatic heterocycles. The van der Waals surface area contributed by atoms with Crippen molar-refractivity contribution in [1.29, 1.82) is 0 Å². The van der Waals surface area contributed by atoms with Crippen LogP contribution in [0.25, 0.3) is 0 Å². The molecule has 0 saturated heterocycles. The van der Waals surface area contributed by atoms with Crippen LogP contribution >= 0.6 is 0 Å². The molecule has 1 aliphatic rings. The lowest BCUT2D eigenvalue weighted by molar-refractivity contribution is 0.439. The molecule has 1 aliphatic heterocycles. The Hall–Kier alpha value is -1.56. The molecular weight excluding hydrogens is 247 g/mol. The molecule has 2 nitrogen and oxygen atoms in total. The number of fused-ring (bicyclic) bond motifs is 1. The summed E-state index contributed by atoms with van der Waals surface area (Å²) in [6, 6.07) is 7.91. The molecule has 1 unspecified atom stereocenters. The van der Waals surface area contributed by atoms with Crippen LogP contribution in [-0.2, 0) is 0 Å². The van der Waals surface area contributed by atoms with E-state index in [0.717, 1.165) is 37.2 Å². The Morgan fingerprint density at radius 3 is 2.35 bits per heavy atom. The number of hydrogen-bond donors (Lipinski definition) is 0. The van der Waals surface area contributed by atoms with Gasteiger partial charge in [-0.1, -0.05) is 38.3 Å². The molecule has 1 aromatic carbocycles. The predicted molar refractivity (Wildman–Crippen MR) is 84.0 cm³/mol. The van der Waals surface area contributed by atoms with Crippen LogP contribution in [-0.4, -0.2) is 7.12 Å². The lowest BCUT2D eigenvalue weighted by Crippen LogP contribution is -2.31. The summed E-state index contributed by atoms with van der Waals surface area (Å²) in [4.78, 5) is 0. The zero-order valence-corrected chi connectivity index (χ0v) is 12.3. The van der Waals surface area contributed by atoms with Gasteiger partial charge in [0.1, 0.15) is 11.5 Å². The zero-order valence-electron chi connectivity index (χ0n) is 12.3. The van der Waals surface area contributed by atoms with E-state index in [1.807, 2.05) is 24.3 Å². The highest BCUT2D eigenvalue weighted by Gasteiger charge is 2.38. The lowest BCUT2D eigenvalue weighted by Gasteiger charge is -2.17. The minimum absolute atomic E-state index is 0.137. The Morgan fingerprint density at radius 2 is 1.75 bits per heavy atom. The van der Waals surface area contributed by atoms with E-state index in [1.165, 1.54) is 19.3 Å². The van der Waals surface area contributed by atoms with Crippen LogP contribution in [0.2, 0.25) is 5.82 Å². The maximum Gasteiger partial charge on any atom is 0.598 e. The van der Waals surface area contributed by atoms with Gasteiger partial charge in [0.25, 0.3) is 0 Å². The van der Waals surface area contributed by atoms with E-state index in [2.05, 4.69) is 12.8 Å². The fourth-order valence-corrected chi connectivity index (χ4v) is 2.65. The van der Waals surface area contributed by atoms with Gasteiger partial charge in [-0.3, -0.25) is 0 Å². The molecular formula is C17H23BO2. The van der Waals surface area contributed by atoms with E-state index >= 15 is 0 Å².